The largest absolute Gasteiger partial charge is 0.456 e. The summed E-state index contributed by atoms with van der Waals surface area (Å²) in [6.45, 7) is 7.56. The average Bonchev–Trinajstić information content (AvgIpc) is 3.26. The molecule has 0 aromatic heterocycles. The number of nitrogens with zero attached hydrogens (tertiary/aromatic N) is 1. The zero-order valence-corrected chi connectivity index (χ0v) is 36.4. The van der Waals surface area contributed by atoms with Crippen LogP contribution in [0.1, 0.15) is 86.7 Å². The Balaban J connectivity index is 1.39. The average molecular weight is 899 g/mol. The summed E-state index contributed by atoms with van der Waals surface area (Å²) in [6, 6.07) is 19.2. The van der Waals surface area contributed by atoms with E-state index in [-0.39, 0.29) is 41.0 Å². The first-order chi connectivity index (χ1) is 30.6. The number of hydrogen-bond donors (Lipinski definition) is 4. The summed E-state index contributed by atoms with van der Waals surface area (Å²) in [6.07, 6.45) is -11.2. The Morgan fingerprint density at radius 2 is 1.49 bits per heavy atom. The fourth-order valence-electron chi connectivity index (χ4n) is 10.3. The summed E-state index contributed by atoms with van der Waals surface area (Å²) in [7, 11) is 0. The van der Waals surface area contributed by atoms with Crippen LogP contribution in [0.5, 0.6) is 0 Å². The molecular weight excluding hydrogens is 849 g/mol. The number of carbonyl (C=O) groups excluding carboxylic acids is 6. The van der Waals surface area contributed by atoms with Crippen molar-refractivity contribution in [3.05, 3.63) is 123 Å². The molecule has 1 saturated heterocycles. The molecule has 3 fully saturated rings. The Kier molecular flexibility index (Phi) is 12.4. The van der Waals surface area contributed by atoms with E-state index in [1.165, 1.54) is 39.8 Å². The number of aliphatic hydroxyl groups excluding tert-OH is 2. The SMILES string of the molecule is CC(=O)O[C@H]1C(=O)[C@@]2(C)C([C@H](OC(=O)c3ccc([N+](=O)[O-])cc3)[C@]3(O)C[C@H](OC(=O)[C@H](O)[C@@H](NC(=O)c4ccccc4)c4ccccc4)C(C)=C1C3(C)C)[C@]1(OC(C)=O)CO[C@@H]1C[C@@H]2O. The number of aliphatic hydroxyl groups is 3. The molecule has 0 spiro atoms. The van der Waals surface area contributed by atoms with Crippen molar-refractivity contribution >= 4 is 41.3 Å². The van der Waals surface area contributed by atoms with Crippen molar-refractivity contribution in [2.45, 2.75) is 108 Å². The van der Waals surface area contributed by atoms with E-state index in [2.05, 4.69) is 5.32 Å². The molecule has 18 heteroatoms. The number of nitro groups is 1. The van der Waals surface area contributed by atoms with Crippen molar-refractivity contribution in [1.82, 2.24) is 5.32 Å². The Morgan fingerprint density at radius 3 is 2.05 bits per heavy atom. The fraction of sp³-hybridized carbons (Fsp3) is 0.447. The number of non-ortho nitro benzene ring substituents is 1. The summed E-state index contributed by atoms with van der Waals surface area (Å²) in [4.78, 5) is 94.5. The second-order valence-corrected chi connectivity index (χ2v) is 17.8. The van der Waals surface area contributed by atoms with Gasteiger partial charge < -0.3 is 44.3 Å². The van der Waals surface area contributed by atoms with Gasteiger partial charge in [-0.15, -0.1) is 0 Å². The van der Waals surface area contributed by atoms with Gasteiger partial charge in [0.1, 0.15) is 23.9 Å². The number of hydrogen-bond acceptors (Lipinski definition) is 16. The van der Waals surface area contributed by atoms with Crippen LogP contribution >= 0.6 is 0 Å². The van der Waals surface area contributed by atoms with Crippen LogP contribution in [0.15, 0.2) is 96.1 Å². The minimum Gasteiger partial charge on any atom is -0.456 e. The number of amides is 1. The maximum Gasteiger partial charge on any atom is 0.338 e. The van der Waals surface area contributed by atoms with Crippen molar-refractivity contribution in [3.63, 3.8) is 0 Å². The van der Waals surface area contributed by atoms with Crippen LogP contribution in [-0.4, -0.2) is 110 Å². The normalized spacial score (nSPS) is 30.9. The molecule has 3 aromatic rings. The van der Waals surface area contributed by atoms with Crippen LogP contribution in [0.25, 0.3) is 0 Å². The van der Waals surface area contributed by atoms with E-state index in [9.17, 15) is 49.4 Å². The van der Waals surface area contributed by atoms with E-state index in [0.29, 0.717) is 5.56 Å². The van der Waals surface area contributed by atoms with Gasteiger partial charge in [0.25, 0.3) is 11.6 Å². The fourth-order valence-corrected chi connectivity index (χ4v) is 10.3. The van der Waals surface area contributed by atoms with Gasteiger partial charge in [-0.1, -0.05) is 62.4 Å². The zero-order chi connectivity index (χ0) is 47.4. The van der Waals surface area contributed by atoms with Crippen molar-refractivity contribution in [2.75, 3.05) is 6.61 Å². The number of benzene rings is 3. The van der Waals surface area contributed by atoms with E-state index in [0.717, 1.165) is 38.1 Å². The summed E-state index contributed by atoms with van der Waals surface area (Å²) < 4.78 is 30.1. The molecule has 3 aromatic carbocycles. The highest BCUT2D eigenvalue weighted by atomic mass is 16.6. The zero-order valence-electron chi connectivity index (χ0n) is 36.4. The van der Waals surface area contributed by atoms with Crippen molar-refractivity contribution in [3.8, 4) is 0 Å². The predicted molar refractivity (Wildman–Crippen MR) is 224 cm³/mol. The van der Waals surface area contributed by atoms with Crippen LogP contribution in [0.3, 0.4) is 0 Å². The Bertz CT molecular complexity index is 2440. The van der Waals surface area contributed by atoms with Crippen molar-refractivity contribution in [1.29, 1.82) is 0 Å². The van der Waals surface area contributed by atoms with Gasteiger partial charge in [-0.2, -0.15) is 0 Å². The maximum absolute atomic E-state index is 15.5. The number of esters is 4. The third-order valence-corrected chi connectivity index (χ3v) is 13.8. The molecule has 1 unspecified atom stereocenters. The molecule has 1 aliphatic heterocycles. The number of nitro benzene ring substituents is 1. The van der Waals surface area contributed by atoms with E-state index in [1.54, 1.807) is 48.5 Å². The molecule has 0 radical (unpaired) electrons. The molecule has 344 valence electrons. The van der Waals surface area contributed by atoms with E-state index in [1.807, 2.05) is 0 Å². The van der Waals surface area contributed by atoms with Gasteiger partial charge in [0.2, 0.25) is 0 Å². The van der Waals surface area contributed by atoms with Gasteiger partial charge in [0.05, 0.1) is 40.6 Å². The van der Waals surface area contributed by atoms with E-state index in [4.69, 9.17) is 23.7 Å². The Labute approximate surface area is 373 Å². The third kappa shape index (κ3) is 7.87. The van der Waals surface area contributed by atoms with Crippen LogP contribution in [0.4, 0.5) is 5.69 Å². The lowest BCUT2D eigenvalue weighted by molar-refractivity contribution is -0.384. The molecular formula is C47H50N2O16. The molecule has 2 bridgehead atoms. The number of carbonyl (C=O) groups is 6. The monoisotopic (exact) mass is 898 g/mol. The molecule has 4 aliphatic rings. The molecule has 1 amide bonds. The summed E-state index contributed by atoms with van der Waals surface area (Å²) in [5.41, 5.74) is -8.27. The summed E-state index contributed by atoms with van der Waals surface area (Å²) >= 11 is 0. The molecule has 18 nitrogen and oxygen atoms in total. The molecule has 4 N–H and O–H groups in total. The molecule has 11 atom stereocenters. The lowest BCUT2D eigenvalue weighted by Crippen LogP contribution is -2.82. The van der Waals surface area contributed by atoms with Gasteiger partial charge in [0, 0.05) is 49.8 Å². The van der Waals surface area contributed by atoms with Crippen LogP contribution in [0, 0.1) is 26.9 Å². The first kappa shape index (κ1) is 46.6. The first-order valence-corrected chi connectivity index (χ1v) is 21.0. The topological polar surface area (TPSA) is 264 Å². The van der Waals surface area contributed by atoms with Crippen LogP contribution in [-0.2, 0) is 42.9 Å². The lowest BCUT2D eigenvalue weighted by Gasteiger charge is -2.67. The second kappa shape index (κ2) is 17.2. The molecule has 65 heavy (non-hydrogen) atoms. The Hall–Kier alpha value is -6.34. The minimum absolute atomic E-state index is 0.0764. The quantitative estimate of drug-likeness (QED) is 0.0704. The van der Waals surface area contributed by atoms with Crippen LogP contribution in [0.2, 0.25) is 0 Å². The highest BCUT2D eigenvalue weighted by Gasteiger charge is 2.78. The molecule has 1 heterocycles. The first-order valence-electron chi connectivity index (χ1n) is 21.0. The Morgan fingerprint density at radius 1 is 0.877 bits per heavy atom. The van der Waals surface area contributed by atoms with Gasteiger partial charge in [-0.25, -0.2) is 9.59 Å². The third-order valence-electron chi connectivity index (χ3n) is 13.8. The minimum atomic E-state index is -2.51. The summed E-state index contributed by atoms with van der Waals surface area (Å²) in [5, 5.41) is 51.7. The van der Waals surface area contributed by atoms with Crippen molar-refractivity contribution < 1.29 is 72.7 Å². The second-order valence-electron chi connectivity index (χ2n) is 17.8. The van der Waals surface area contributed by atoms with Crippen molar-refractivity contribution in [2.24, 2.45) is 16.7 Å². The van der Waals surface area contributed by atoms with E-state index >= 15 is 4.79 Å². The predicted octanol–water partition coefficient (Wildman–Crippen LogP) is 3.64. The number of rotatable bonds is 11. The molecule has 3 aliphatic carbocycles. The maximum atomic E-state index is 15.5. The molecule has 7 rings (SSSR count). The summed E-state index contributed by atoms with van der Waals surface area (Å²) in [5.74, 6) is -7.44. The van der Waals surface area contributed by atoms with Gasteiger partial charge in [0.15, 0.2) is 23.6 Å². The van der Waals surface area contributed by atoms with Gasteiger partial charge in [-0.3, -0.25) is 29.3 Å². The number of fused-ring (bicyclic) bond motifs is 5. The van der Waals surface area contributed by atoms with Gasteiger partial charge >= 0.3 is 23.9 Å². The number of ether oxygens (including phenoxy) is 5. The highest BCUT2D eigenvalue weighted by Crippen LogP contribution is 2.64. The molecule has 2 saturated carbocycles. The van der Waals surface area contributed by atoms with Gasteiger partial charge in [-0.05, 0) is 54.8 Å². The van der Waals surface area contributed by atoms with Crippen LogP contribution < -0.4 is 5.32 Å². The highest BCUT2D eigenvalue weighted by molar-refractivity contribution is 5.96. The smallest absolute Gasteiger partial charge is 0.338 e. The van der Waals surface area contributed by atoms with E-state index < -0.39 is 118 Å². The lowest BCUT2D eigenvalue weighted by atomic mass is 9.44. The standard InChI is InChI=1S/C47H50N2O16/c1-24-31(63-43(57)36(53)35(27-13-9-7-10-14-27)48-41(55)28-15-11-8-12-16-28)22-47(58)40(64-42(56)29-17-19-30(20-18-29)49(59)60)38-45(6,32(52)21-33-46(38,23-61-33)65-26(3)51)39(54)37(62-25(2)50)34(24)44(47,4)5/h7-20,31-33,35-38,40,52-53,58H,21-23H2,1-6H3,(H,48,55)/t31-,32-,33+,35-,36+,37+,38?,40-,45+,46-,47+/m0/s1. The number of ketones is 1. The number of Topliss-reactive ketones (excluding diaryl/α,β-unsaturated/α-hetero) is 1. The number of nitrogens with one attached hydrogen (secondary N) is 1.